The summed E-state index contributed by atoms with van der Waals surface area (Å²) in [7, 11) is 1.62. The number of hydrogen-bond donors (Lipinski definition) is 3. The minimum absolute atomic E-state index is 0.158. The molecule has 3 rings (SSSR count). The summed E-state index contributed by atoms with van der Waals surface area (Å²) in [5.74, 6) is 0.428. The van der Waals surface area contributed by atoms with Crippen LogP contribution in [0.4, 0.5) is 5.69 Å². The van der Waals surface area contributed by atoms with Gasteiger partial charge in [-0.25, -0.2) is 0 Å². The van der Waals surface area contributed by atoms with Crippen LogP contribution in [0.1, 0.15) is 24.8 Å². The van der Waals surface area contributed by atoms with E-state index >= 15 is 0 Å². The summed E-state index contributed by atoms with van der Waals surface area (Å²) in [6.45, 7) is 1.22. The fourth-order valence-electron chi connectivity index (χ4n) is 3.68. The number of pyridine rings is 1. The fourth-order valence-corrected chi connectivity index (χ4v) is 3.68. The topological polar surface area (TPSA) is 124 Å². The first-order valence-corrected chi connectivity index (χ1v) is 11.5. The van der Waals surface area contributed by atoms with Crippen LogP contribution in [0.2, 0.25) is 0 Å². The van der Waals surface area contributed by atoms with Gasteiger partial charge in [0.2, 0.25) is 11.8 Å². The number of nitrogens with one attached hydrogen (secondary N) is 1. The highest BCUT2D eigenvalue weighted by molar-refractivity contribution is 5.93. The Morgan fingerprint density at radius 3 is 2.62 bits per heavy atom. The summed E-state index contributed by atoms with van der Waals surface area (Å²) >= 11 is 0. The summed E-state index contributed by atoms with van der Waals surface area (Å²) in [5.41, 5.74) is 14.2. The van der Waals surface area contributed by atoms with Crippen LogP contribution in [0, 0.1) is 0 Å². The fraction of sp³-hybridized carbons (Fsp3) is 0.346. The van der Waals surface area contributed by atoms with Crippen molar-refractivity contribution in [3.05, 3.63) is 66.4 Å². The predicted molar refractivity (Wildman–Crippen MR) is 135 cm³/mol. The number of amides is 2. The van der Waals surface area contributed by atoms with Crippen molar-refractivity contribution in [1.82, 2.24) is 9.88 Å². The normalized spacial score (nSPS) is 11.7. The van der Waals surface area contributed by atoms with Crippen LogP contribution >= 0.6 is 0 Å². The molecule has 8 heteroatoms. The number of fused-ring (bicyclic) bond motifs is 1. The molecule has 8 nitrogen and oxygen atoms in total. The molecular formula is C26H33N5O3. The number of carbonyl (C=O) groups excluding carboxylic acids is 2. The lowest BCUT2D eigenvalue weighted by Gasteiger charge is -2.26. The summed E-state index contributed by atoms with van der Waals surface area (Å²) in [6, 6.07) is 16.7. The van der Waals surface area contributed by atoms with Crippen molar-refractivity contribution >= 4 is 28.4 Å². The summed E-state index contributed by atoms with van der Waals surface area (Å²) in [6.07, 6.45) is 3.63. The minimum atomic E-state index is -0.632. The van der Waals surface area contributed by atoms with E-state index in [-0.39, 0.29) is 24.8 Å². The molecule has 0 fully saturated rings. The van der Waals surface area contributed by atoms with E-state index in [1.54, 1.807) is 18.2 Å². The summed E-state index contributed by atoms with van der Waals surface area (Å²) in [4.78, 5) is 31.7. The van der Waals surface area contributed by atoms with Crippen LogP contribution in [0.25, 0.3) is 10.9 Å². The Morgan fingerprint density at radius 2 is 1.88 bits per heavy atom. The lowest BCUT2D eigenvalue weighted by atomic mass is 10.1. The van der Waals surface area contributed by atoms with Gasteiger partial charge in [-0.1, -0.05) is 30.3 Å². The summed E-state index contributed by atoms with van der Waals surface area (Å²) < 4.78 is 5.20. The Morgan fingerprint density at radius 1 is 1.12 bits per heavy atom. The third-order valence-electron chi connectivity index (χ3n) is 5.66. The zero-order valence-corrected chi connectivity index (χ0v) is 19.6. The number of nitrogens with two attached hydrogens (primary N) is 2. The molecule has 0 aliphatic heterocycles. The minimum Gasteiger partial charge on any atom is -0.497 e. The van der Waals surface area contributed by atoms with Gasteiger partial charge < -0.3 is 26.4 Å². The van der Waals surface area contributed by atoms with Gasteiger partial charge in [-0.05, 0) is 55.6 Å². The second-order valence-electron chi connectivity index (χ2n) is 8.18. The van der Waals surface area contributed by atoms with Crippen LogP contribution in [-0.4, -0.2) is 54.5 Å². The molecular weight excluding hydrogens is 430 g/mol. The predicted octanol–water partition coefficient (Wildman–Crippen LogP) is 2.71. The van der Waals surface area contributed by atoms with Gasteiger partial charge in [0.1, 0.15) is 5.75 Å². The molecule has 1 aromatic heterocycles. The standard InChI is InChI=1S/C26H33N5O3/c1-34-22-10-8-19(9-11-22)12-15-31(26(33)23(28)6-4-14-27)16-13-25(32)30-21-17-20-5-2-3-7-24(20)29-18-21/h2-3,5,7-11,17-18,23H,4,6,12-16,27-28H2,1H3,(H,30,32)/t23-/m1/s1. The first-order valence-electron chi connectivity index (χ1n) is 11.5. The lowest BCUT2D eigenvalue weighted by Crippen LogP contribution is -2.45. The van der Waals surface area contributed by atoms with E-state index in [2.05, 4.69) is 10.3 Å². The van der Waals surface area contributed by atoms with Gasteiger partial charge in [0, 0.05) is 24.9 Å². The van der Waals surface area contributed by atoms with Crippen molar-refractivity contribution in [2.45, 2.75) is 31.7 Å². The number of methoxy groups -OCH3 is 1. The molecule has 3 aromatic rings. The molecule has 0 radical (unpaired) electrons. The van der Waals surface area contributed by atoms with Crippen LogP contribution < -0.4 is 21.5 Å². The van der Waals surface area contributed by atoms with E-state index < -0.39 is 6.04 Å². The van der Waals surface area contributed by atoms with Gasteiger partial charge in [-0.2, -0.15) is 0 Å². The van der Waals surface area contributed by atoms with Crippen LogP contribution in [0.15, 0.2) is 60.8 Å². The number of carbonyl (C=O) groups is 2. The van der Waals surface area contributed by atoms with Gasteiger partial charge in [0.15, 0.2) is 0 Å². The molecule has 2 aromatic carbocycles. The second kappa shape index (κ2) is 12.7. The third-order valence-corrected chi connectivity index (χ3v) is 5.66. The molecule has 34 heavy (non-hydrogen) atoms. The summed E-state index contributed by atoms with van der Waals surface area (Å²) in [5, 5.41) is 3.82. The van der Waals surface area contributed by atoms with Gasteiger partial charge in [-0.3, -0.25) is 14.6 Å². The molecule has 2 amide bonds. The monoisotopic (exact) mass is 463 g/mol. The Bertz CT molecular complexity index is 1090. The highest BCUT2D eigenvalue weighted by atomic mass is 16.5. The SMILES string of the molecule is COc1ccc(CCN(CCC(=O)Nc2cnc3ccccc3c2)C(=O)[C@H](N)CCCN)cc1. The van der Waals surface area contributed by atoms with Crippen LogP contribution in [0.3, 0.4) is 0 Å². The zero-order valence-electron chi connectivity index (χ0n) is 19.6. The molecule has 0 aliphatic carbocycles. The van der Waals surface area contributed by atoms with Crippen molar-refractivity contribution < 1.29 is 14.3 Å². The number of para-hydroxylation sites is 1. The highest BCUT2D eigenvalue weighted by Crippen LogP contribution is 2.16. The number of rotatable bonds is 12. The second-order valence-corrected chi connectivity index (χ2v) is 8.18. The van der Waals surface area contributed by atoms with E-state index in [1.807, 2.05) is 54.6 Å². The smallest absolute Gasteiger partial charge is 0.239 e. The van der Waals surface area contributed by atoms with Crippen molar-refractivity contribution in [3.8, 4) is 5.75 Å². The Kier molecular flexibility index (Phi) is 9.37. The quantitative estimate of drug-likeness (QED) is 0.379. The molecule has 0 unspecified atom stereocenters. The molecule has 5 N–H and O–H groups in total. The number of aromatic nitrogens is 1. The largest absolute Gasteiger partial charge is 0.497 e. The third kappa shape index (κ3) is 7.26. The number of anilines is 1. The zero-order chi connectivity index (χ0) is 24.3. The van der Waals surface area contributed by atoms with Crippen molar-refractivity contribution in [2.24, 2.45) is 11.5 Å². The van der Waals surface area contributed by atoms with Gasteiger partial charge in [0.25, 0.3) is 0 Å². The number of hydrogen-bond acceptors (Lipinski definition) is 6. The average molecular weight is 464 g/mol. The maximum absolute atomic E-state index is 13.0. The molecule has 0 saturated carbocycles. The van der Waals surface area contributed by atoms with E-state index in [9.17, 15) is 9.59 Å². The molecule has 0 bridgehead atoms. The number of ether oxygens (including phenoxy) is 1. The number of benzene rings is 2. The van der Waals surface area contributed by atoms with Crippen LogP contribution in [0.5, 0.6) is 5.75 Å². The molecule has 1 heterocycles. The number of nitrogens with zero attached hydrogens (tertiary/aromatic N) is 2. The van der Waals surface area contributed by atoms with Crippen molar-refractivity contribution in [3.63, 3.8) is 0 Å². The maximum atomic E-state index is 13.0. The highest BCUT2D eigenvalue weighted by Gasteiger charge is 2.21. The van der Waals surface area contributed by atoms with Crippen molar-refractivity contribution in [2.75, 3.05) is 32.1 Å². The maximum Gasteiger partial charge on any atom is 0.239 e. The van der Waals surface area contributed by atoms with E-state index in [0.717, 1.165) is 22.2 Å². The van der Waals surface area contributed by atoms with Crippen LogP contribution in [-0.2, 0) is 16.0 Å². The molecule has 0 saturated heterocycles. The van der Waals surface area contributed by atoms with E-state index in [4.69, 9.17) is 16.2 Å². The van der Waals surface area contributed by atoms with Gasteiger partial charge >= 0.3 is 0 Å². The van der Waals surface area contributed by atoms with E-state index in [1.165, 1.54) is 0 Å². The van der Waals surface area contributed by atoms with Gasteiger partial charge in [0.05, 0.1) is 30.6 Å². The first-order chi connectivity index (χ1) is 16.5. The molecule has 0 aliphatic rings. The first kappa shape index (κ1) is 25.1. The Labute approximate surface area is 200 Å². The van der Waals surface area contributed by atoms with E-state index in [0.29, 0.717) is 38.0 Å². The lowest BCUT2D eigenvalue weighted by molar-refractivity contribution is -0.133. The Balaban J connectivity index is 1.61. The average Bonchev–Trinajstić information content (AvgIpc) is 2.87. The molecule has 180 valence electrons. The Hall–Kier alpha value is -3.49. The van der Waals surface area contributed by atoms with Gasteiger partial charge in [-0.15, -0.1) is 0 Å². The molecule has 1 atom stereocenters. The molecule has 0 spiro atoms. The van der Waals surface area contributed by atoms with Crippen molar-refractivity contribution in [1.29, 1.82) is 0 Å².